The number of hydrogen-bond acceptors (Lipinski definition) is 3. The highest BCUT2D eigenvalue weighted by Crippen LogP contribution is 2.47. The molecule has 1 unspecified atom stereocenters. The monoisotopic (exact) mass is 233 g/mol. The maximum Gasteiger partial charge on any atom is 0.313 e. The molecule has 0 radical (unpaired) electrons. The summed E-state index contributed by atoms with van der Waals surface area (Å²) in [5, 5.41) is 3.34. The second kappa shape index (κ2) is 4.15. The number of nitrogens with one attached hydrogen (secondary N) is 1. The molecule has 1 aliphatic rings. The first-order valence-electron chi connectivity index (χ1n) is 6.02. The van der Waals surface area contributed by atoms with Gasteiger partial charge >= 0.3 is 5.97 Å². The van der Waals surface area contributed by atoms with Crippen molar-refractivity contribution < 1.29 is 9.53 Å². The molecule has 1 N–H and O–H groups in total. The Labute approximate surface area is 102 Å². The van der Waals surface area contributed by atoms with E-state index in [0.717, 1.165) is 12.1 Å². The van der Waals surface area contributed by atoms with Crippen LogP contribution in [0.2, 0.25) is 0 Å². The number of ether oxygens (including phenoxy) is 1. The van der Waals surface area contributed by atoms with Crippen LogP contribution < -0.4 is 5.32 Å². The van der Waals surface area contributed by atoms with Crippen LogP contribution in [-0.4, -0.2) is 19.1 Å². The molecule has 0 aliphatic carbocycles. The van der Waals surface area contributed by atoms with Crippen LogP contribution in [0.3, 0.4) is 0 Å². The highest BCUT2D eigenvalue weighted by atomic mass is 16.5. The maximum atomic E-state index is 12.1. The van der Waals surface area contributed by atoms with Gasteiger partial charge in [0.1, 0.15) is 0 Å². The molecule has 0 bridgehead atoms. The summed E-state index contributed by atoms with van der Waals surface area (Å²) in [5.41, 5.74) is 0.336. The summed E-state index contributed by atoms with van der Waals surface area (Å²) in [6.45, 7) is 6.97. The lowest BCUT2D eigenvalue weighted by Gasteiger charge is -2.31. The summed E-state index contributed by atoms with van der Waals surface area (Å²) in [5.74, 6) is -0.145. The third kappa shape index (κ3) is 1.84. The van der Waals surface area contributed by atoms with E-state index in [4.69, 9.17) is 4.74 Å². The summed E-state index contributed by atoms with van der Waals surface area (Å²) in [7, 11) is 0. The van der Waals surface area contributed by atoms with Crippen LogP contribution in [0.5, 0.6) is 0 Å². The number of benzene rings is 1. The van der Waals surface area contributed by atoms with Gasteiger partial charge in [-0.1, -0.05) is 30.3 Å². The van der Waals surface area contributed by atoms with E-state index in [1.165, 1.54) is 0 Å². The lowest BCUT2D eigenvalue weighted by Crippen LogP contribution is -2.41. The van der Waals surface area contributed by atoms with Gasteiger partial charge in [0.2, 0.25) is 0 Å². The highest BCUT2D eigenvalue weighted by molar-refractivity contribution is 5.79. The Morgan fingerprint density at radius 3 is 2.47 bits per heavy atom. The molecule has 17 heavy (non-hydrogen) atoms. The Morgan fingerprint density at radius 1 is 1.41 bits per heavy atom. The molecule has 1 saturated heterocycles. The predicted octanol–water partition coefficient (Wildman–Crippen LogP) is 2.07. The van der Waals surface area contributed by atoms with Crippen LogP contribution in [0.25, 0.3) is 0 Å². The summed E-state index contributed by atoms with van der Waals surface area (Å²) >= 11 is 0. The molecule has 3 heteroatoms. The second-order valence-electron chi connectivity index (χ2n) is 4.97. The molecule has 1 heterocycles. The van der Waals surface area contributed by atoms with Gasteiger partial charge in [-0.25, -0.2) is 0 Å². The van der Waals surface area contributed by atoms with E-state index in [9.17, 15) is 4.79 Å². The summed E-state index contributed by atoms with van der Waals surface area (Å²) in [6.07, 6.45) is 0. The molecular formula is C14H19NO2. The molecule has 92 valence electrons. The van der Waals surface area contributed by atoms with Crippen molar-refractivity contribution in [2.24, 2.45) is 5.41 Å². The number of carbonyl (C=O) groups is 1. The smallest absolute Gasteiger partial charge is 0.313 e. The molecule has 0 aromatic heterocycles. The van der Waals surface area contributed by atoms with E-state index < -0.39 is 5.41 Å². The molecule has 1 fully saturated rings. The van der Waals surface area contributed by atoms with Crippen molar-refractivity contribution in [3.05, 3.63) is 35.9 Å². The number of hydrogen-bond donors (Lipinski definition) is 1. The molecule has 1 aliphatic heterocycles. The van der Waals surface area contributed by atoms with Gasteiger partial charge in [-0.05, 0) is 26.3 Å². The lowest BCUT2D eigenvalue weighted by molar-refractivity contribution is -0.155. The van der Waals surface area contributed by atoms with Crippen LogP contribution in [0.1, 0.15) is 26.3 Å². The topological polar surface area (TPSA) is 48.2 Å². The van der Waals surface area contributed by atoms with Crippen LogP contribution in [0, 0.1) is 5.41 Å². The molecular weight excluding hydrogens is 214 g/mol. The molecule has 0 spiro atoms. The Kier molecular flexibility index (Phi) is 2.96. The number of carbonyl (C=O) groups excluding carboxylic acids is 1. The van der Waals surface area contributed by atoms with Crippen molar-refractivity contribution in [2.75, 3.05) is 13.2 Å². The summed E-state index contributed by atoms with van der Waals surface area (Å²) in [4.78, 5) is 12.1. The zero-order valence-corrected chi connectivity index (χ0v) is 10.6. The van der Waals surface area contributed by atoms with E-state index >= 15 is 0 Å². The number of esters is 1. The van der Waals surface area contributed by atoms with Gasteiger partial charge in [0, 0.05) is 6.54 Å². The standard InChI is InChI=1S/C14H19NO2/c1-4-17-12(16)13(2,3)14(10-15-14)11-8-6-5-7-9-11/h5-9,15H,4,10H2,1-3H3. The Balaban J connectivity index is 2.30. The minimum Gasteiger partial charge on any atom is -0.466 e. The molecule has 3 nitrogen and oxygen atoms in total. The largest absolute Gasteiger partial charge is 0.466 e. The fourth-order valence-electron chi connectivity index (χ4n) is 2.30. The van der Waals surface area contributed by atoms with Gasteiger partial charge in [0.05, 0.1) is 17.6 Å². The Hall–Kier alpha value is -1.35. The van der Waals surface area contributed by atoms with Crippen molar-refractivity contribution in [3.8, 4) is 0 Å². The summed E-state index contributed by atoms with van der Waals surface area (Å²) < 4.78 is 5.18. The first-order chi connectivity index (χ1) is 8.04. The minimum atomic E-state index is -0.551. The van der Waals surface area contributed by atoms with E-state index in [0.29, 0.717) is 6.61 Å². The van der Waals surface area contributed by atoms with Crippen molar-refractivity contribution in [1.82, 2.24) is 5.32 Å². The summed E-state index contributed by atoms with van der Waals surface area (Å²) in [6, 6.07) is 10.1. The van der Waals surface area contributed by atoms with Gasteiger partial charge in [-0.3, -0.25) is 4.79 Å². The Morgan fingerprint density at radius 2 is 2.00 bits per heavy atom. The molecule has 2 rings (SSSR count). The fourth-order valence-corrected chi connectivity index (χ4v) is 2.30. The fraction of sp³-hybridized carbons (Fsp3) is 0.500. The third-order valence-corrected chi connectivity index (χ3v) is 3.65. The molecule has 1 aromatic carbocycles. The molecule has 1 atom stereocenters. The zero-order chi connectivity index (χ0) is 12.5. The van der Waals surface area contributed by atoms with E-state index in [2.05, 4.69) is 17.4 Å². The number of rotatable bonds is 4. The lowest BCUT2D eigenvalue weighted by atomic mass is 9.74. The normalized spacial score (nSPS) is 23.2. The van der Waals surface area contributed by atoms with Gasteiger partial charge in [-0.15, -0.1) is 0 Å². The van der Waals surface area contributed by atoms with E-state index in [1.807, 2.05) is 39.0 Å². The Bertz CT molecular complexity index is 407. The molecule has 0 amide bonds. The van der Waals surface area contributed by atoms with Crippen molar-refractivity contribution in [2.45, 2.75) is 26.3 Å². The minimum absolute atomic E-state index is 0.145. The second-order valence-corrected chi connectivity index (χ2v) is 4.97. The van der Waals surface area contributed by atoms with Crippen LogP contribution >= 0.6 is 0 Å². The van der Waals surface area contributed by atoms with E-state index in [-0.39, 0.29) is 11.5 Å². The average molecular weight is 233 g/mol. The SMILES string of the molecule is CCOC(=O)C(C)(C)C1(c2ccccc2)CN1. The van der Waals surface area contributed by atoms with Gasteiger partial charge in [0.15, 0.2) is 0 Å². The maximum absolute atomic E-state index is 12.1. The molecule has 0 saturated carbocycles. The first kappa shape index (κ1) is 12.1. The van der Waals surface area contributed by atoms with Crippen molar-refractivity contribution in [1.29, 1.82) is 0 Å². The van der Waals surface area contributed by atoms with Crippen LogP contribution in [-0.2, 0) is 15.1 Å². The van der Waals surface area contributed by atoms with Crippen LogP contribution in [0.4, 0.5) is 0 Å². The van der Waals surface area contributed by atoms with Gasteiger partial charge in [0.25, 0.3) is 0 Å². The van der Waals surface area contributed by atoms with Gasteiger partial charge < -0.3 is 10.1 Å². The highest BCUT2D eigenvalue weighted by Gasteiger charge is 2.59. The average Bonchev–Trinajstić information content (AvgIpc) is 3.12. The third-order valence-electron chi connectivity index (χ3n) is 3.65. The van der Waals surface area contributed by atoms with Crippen LogP contribution in [0.15, 0.2) is 30.3 Å². The molecule has 1 aromatic rings. The first-order valence-corrected chi connectivity index (χ1v) is 6.02. The quantitative estimate of drug-likeness (QED) is 0.639. The predicted molar refractivity (Wildman–Crippen MR) is 66.5 cm³/mol. The van der Waals surface area contributed by atoms with Crippen molar-refractivity contribution in [3.63, 3.8) is 0 Å². The van der Waals surface area contributed by atoms with E-state index in [1.54, 1.807) is 0 Å². The van der Waals surface area contributed by atoms with Crippen molar-refractivity contribution >= 4 is 5.97 Å². The zero-order valence-electron chi connectivity index (χ0n) is 10.6. The van der Waals surface area contributed by atoms with Gasteiger partial charge in [-0.2, -0.15) is 0 Å².